The molecule has 0 bridgehead atoms. The predicted molar refractivity (Wildman–Crippen MR) is 140 cm³/mol. The zero-order valence-electron chi connectivity index (χ0n) is 19.3. The van der Waals surface area contributed by atoms with Crippen molar-refractivity contribution in [2.75, 3.05) is 26.7 Å². The molecule has 2 aromatic carbocycles. The van der Waals surface area contributed by atoms with E-state index in [1.165, 1.54) is 17.2 Å². The summed E-state index contributed by atoms with van der Waals surface area (Å²) >= 11 is 0. The largest absolute Gasteiger partial charge is 0.393 e. The van der Waals surface area contributed by atoms with E-state index in [9.17, 15) is 9.50 Å². The number of aliphatic hydroxyl groups excluding tert-OH is 1. The Hall–Kier alpha value is -1.71. The molecule has 1 heterocycles. The van der Waals surface area contributed by atoms with Gasteiger partial charge in [0.1, 0.15) is 5.82 Å². The van der Waals surface area contributed by atoms with Gasteiger partial charge in [-0.15, -0.1) is 24.0 Å². The average molecular weight is 554 g/mol. The molecule has 1 fully saturated rings. The number of guanidine groups is 1. The van der Waals surface area contributed by atoms with Crippen LogP contribution in [0.15, 0.2) is 53.5 Å². The molecule has 176 valence electrons. The van der Waals surface area contributed by atoms with Gasteiger partial charge in [0.2, 0.25) is 0 Å². The van der Waals surface area contributed by atoms with Crippen LogP contribution in [0.25, 0.3) is 0 Å². The molecule has 1 saturated heterocycles. The summed E-state index contributed by atoms with van der Waals surface area (Å²) in [6.07, 6.45) is 1.60. The van der Waals surface area contributed by atoms with Crippen LogP contribution in [0, 0.1) is 5.82 Å². The standard InChI is InChI=1S/C25H35FN4O.HI/c1-25(2,21-5-4-6-22(26)15-21)18-29-24(27-3)28-16-19-7-9-20(10-8-19)17-30-13-11-23(31)12-14-30;/h4-10,15,23,31H,11-14,16-18H2,1-3H3,(H2,27,28,29);1H. The third kappa shape index (κ3) is 8.01. The number of aliphatic hydroxyl groups is 1. The number of likely N-dealkylation sites (tertiary alicyclic amines) is 1. The Morgan fingerprint density at radius 2 is 1.75 bits per heavy atom. The molecular formula is C25H36FIN4O. The minimum atomic E-state index is -0.230. The van der Waals surface area contributed by atoms with Gasteiger partial charge in [0.25, 0.3) is 0 Å². The molecule has 3 rings (SSSR count). The van der Waals surface area contributed by atoms with E-state index in [-0.39, 0.29) is 41.3 Å². The molecule has 7 heteroatoms. The first-order valence-corrected chi connectivity index (χ1v) is 11.0. The lowest BCUT2D eigenvalue weighted by atomic mass is 9.84. The second-order valence-electron chi connectivity index (χ2n) is 9.00. The van der Waals surface area contributed by atoms with Gasteiger partial charge in [-0.1, -0.05) is 50.2 Å². The van der Waals surface area contributed by atoms with Crippen LogP contribution in [0.4, 0.5) is 4.39 Å². The maximum Gasteiger partial charge on any atom is 0.191 e. The van der Waals surface area contributed by atoms with Crippen LogP contribution in [-0.2, 0) is 18.5 Å². The lowest BCUT2D eigenvalue weighted by molar-refractivity contribution is 0.0792. The van der Waals surface area contributed by atoms with E-state index >= 15 is 0 Å². The van der Waals surface area contributed by atoms with Crippen molar-refractivity contribution in [2.24, 2.45) is 4.99 Å². The van der Waals surface area contributed by atoms with E-state index in [0.717, 1.165) is 44.0 Å². The number of halogens is 2. The predicted octanol–water partition coefficient (Wildman–Crippen LogP) is 4.04. The summed E-state index contributed by atoms with van der Waals surface area (Å²) in [5.74, 6) is 0.509. The highest BCUT2D eigenvalue weighted by molar-refractivity contribution is 14.0. The Kier molecular flexibility index (Phi) is 10.4. The molecule has 0 unspecified atom stereocenters. The van der Waals surface area contributed by atoms with Crippen molar-refractivity contribution >= 4 is 29.9 Å². The molecule has 3 N–H and O–H groups in total. The molecule has 0 spiro atoms. The minimum absolute atomic E-state index is 0. The van der Waals surface area contributed by atoms with E-state index in [1.54, 1.807) is 19.2 Å². The summed E-state index contributed by atoms with van der Waals surface area (Å²) in [5.41, 5.74) is 3.20. The number of aliphatic imine (C=N–C) groups is 1. The average Bonchev–Trinajstić information content (AvgIpc) is 2.76. The number of nitrogens with zero attached hydrogens (tertiary/aromatic N) is 2. The number of hydrogen-bond donors (Lipinski definition) is 3. The Bertz CT molecular complexity index is 865. The Morgan fingerprint density at radius 1 is 1.09 bits per heavy atom. The zero-order valence-corrected chi connectivity index (χ0v) is 21.6. The molecule has 5 nitrogen and oxygen atoms in total. The lowest BCUT2D eigenvalue weighted by Gasteiger charge is -2.29. The fraction of sp³-hybridized carbons (Fsp3) is 0.480. The first kappa shape index (κ1) is 26.5. The third-order valence-electron chi connectivity index (χ3n) is 5.97. The first-order valence-electron chi connectivity index (χ1n) is 11.0. The van der Waals surface area contributed by atoms with Gasteiger partial charge in [-0.05, 0) is 41.7 Å². The maximum absolute atomic E-state index is 13.6. The molecule has 0 aromatic heterocycles. The van der Waals surface area contributed by atoms with Gasteiger partial charge in [0.05, 0.1) is 6.10 Å². The molecule has 0 atom stereocenters. The van der Waals surface area contributed by atoms with Crippen LogP contribution in [-0.4, -0.2) is 48.8 Å². The van der Waals surface area contributed by atoms with Crippen LogP contribution in [0.2, 0.25) is 0 Å². The second kappa shape index (κ2) is 12.5. The summed E-state index contributed by atoms with van der Waals surface area (Å²) in [5, 5.41) is 16.4. The topological polar surface area (TPSA) is 59.9 Å². The van der Waals surface area contributed by atoms with Gasteiger partial charge in [-0.2, -0.15) is 0 Å². The van der Waals surface area contributed by atoms with Gasteiger partial charge in [-0.3, -0.25) is 9.89 Å². The van der Waals surface area contributed by atoms with E-state index in [1.807, 2.05) is 6.07 Å². The summed E-state index contributed by atoms with van der Waals surface area (Å²) in [7, 11) is 1.75. The van der Waals surface area contributed by atoms with Gasteiger partial charge < -0.3 is 15.7 Å². The van der Waals surface area contributed by atoms with E-state index in [2.05, 4.69) is 58.6 Å². The zero-order chi connectivity index (χ0) is 22.3. The number of rotatable bonds is 7. The van der Waals surface area contributed by atoms with Crippen LogP contribution >= 0.6 is 24.0 Å². The lowest BCUT2D eigenvalue weighted by Crippen LogP contribution is -2.43. The minimum Gasteiger partial charge on any atom is -0.393 e. The smallest absolute Gasteiger partial charge is 0.191 e. The SMILES string of the molecule is CN=C(NCc1ccc(CN2CCC(O)CC2)cc1)NCC(C)(C)c1cccc(F)c1.I. The third-order valence-corrected chi connectivity index (χ3v) is 5.97. The van der Waals surface area contributed by atoms with Crippen molar-refractivity contribution in [1.29, 1.82) is 0 Å². The Morgan fingerprint density at radius 3 is 2.38 bits per heavy atom. The summed E-state index contributed by atoms with van der Waals surface area (Å²) < 4.78 is 13.6. The molecule has 1 aliphatic heterocycles. The second-order valence-corrected chi connectivity index (χ2v) is 9.00. The monoisotopic (exact) mass is 554 g/mol. The highest BCUT2D eigenvalue weighted by Gasteiger charge is 2.21. The van der Waals surface area contributed by atoms with Crippen molar-refractivity contribution in [1.82, 2.24) is 15.5 Å². The molecule has 1 aliphatic rings. The first-order chi connectivity index (χ1) is 14.9. The highest BCUT2D eigenvalue weighted by atomic mass is 127. The number of nitrogens with one attached hydrogen (secondary N) is 2. The van der Waals surface area contributed by atoms with Crippen molar-refractivity contribution in [3.63, 3.8) is 0 Å². The van der Waals surface area contributed by atoms with Crippen LogP contribution in [0.1, 0.15) is 43.4 Å². The highest BCUT2D eigenvalue weighted by Crippen LogP contribution is 2.22. The number of piperidine rings is 1. The van der Waals surface area contributed by atoms with Crippen LogP contribution in [0.5, 0.6) is 0 Å². The van der Waals surface area contributed by atoms with Crippen molar-refractivity contribution in [3.05, 3.63) is 71.0 Å². The van der Waals surface area contributed by atoms with Gasteiger partial charge in [0, 0.05) is 45.2 Å². The summed E-state index contributed by atoms with van der Waals surface area (Å²) in [6, 6.07) is 15.4. The molecule has 0 amide bonds. The fourth-order valence-corrected chi connectivity index (χ4v) is 3.82. The normalized spacial score (nSPS) is 15.8. The summed E-state index contributed by atoms with van der Waals surface area (Å²) in [6.45, 7) is 8.33. The van der Waals surface area contributed by atoms with E-state index < -0.39 is 0 Å². The van der Waals surface area contributed by atoms with Gasteiger partial charge in [-0.25, -0.2) is 4.39 Å². The molecule has 32 heavy (non-hydrogen) atoms. The molecule has 0 saturated carbocycles. The van der Waals surface area contributed by atoms with Crippen molar-refractivity contribution in [3.8, 4) is 0 Å². The van der Waals surface area contributed by atoms with Crippen LogP contribution < -0.4 is 10.6 Å². The Balaban J connectivity index is 0.00000363. The van der Waals surface area contributed by atoms with Crippen molar-refractivity contribution < 1.29 is 9.50 Å². The molecule has 0 aliphatic carbocycles. The summed E-state index contributed by atoms with van der Waals surface area (Å²) in [4.78, 5) is 6.71. The fourth-order valence-electron chi connectivity index (χ4n) is 3.82. The number of hydrogen-bond acceptors (Lipinski definition) is 3. The van der Waals surface area contributed by atoms with Crippen molar-refractivity contribution in [2.45, 2.75) is 51.3 Å². The van der Waals surface area contributed by atoms with Gasteiger partial charge in [0.15, 0.2) is 5.96 Å². The molecule has 0 radical (unpaired) electrons. The van der Waals surface area contributed by atoms with Gasteiger partial charge >= 0.3 is 0 Å². The maximum atomic E-state index is 13.6. The van der Waals surface area contributed by atoms with E-state index in [0.29, 0.717) is 13.1 Å². The van der Waals surface area contributed by atoms with E-state index in [4.69, 9.17) is 0 Å². The number of benzene rings is 2. The Labute approximate surface area is 208 Å². The molecule has 2 aromatic rings. The quantitative estimate of drug-likeness (QED) is 0.275. The van der Waals surface area contributed by atoms with Crippen LogP contribution in [0.3, 0.4) is 0 Å². The molecular weight excluding hydrogens is 518 g/mol.